The molecule has 1 atom stereocenters. The fourth-order valence-corrected chi connectivity index (χ4v) is 4.62. The van der Waals surface area contributed by atoms with E-state index in [4.69, 9.17) is 26.1 Å². The third kappa shape index (κ3) is 4.59. The van der Waals surface area contributed by atoms with Crippen LogP contribution in [-0.4, -0.2) is 35.7 Å². The molecule has 1 saturated heterocycles. The Morgan fingerprint density at radius 3 is 2.65 bits per heavy atom. The first-order chi connectivity index (χ1) is 16.6. The number of hydrogen-bond acceptors (Lipinski definition) is 4. The molecule has 1 amide bonds. The van der Waals surface area contributed by atoms with Gasteiger partial charge < -0.3 is 18.9 Å². The number of fused-ring (bicyclic) bond motifs is 1. The number of carbonyl (C=O) groups excluding carboxylic acids is 1. The number of halogens is 1. The van der Waals surface area contributed by atoms with E-state index in [2.05, 4.69) is 10.6 Å². The van der Waals surface area contributed by atoms with E-state index in [9.17, 15) is 4.79 Å². The maximum atomic E-state index is 12.9. The molecule has 1 fully saturated rings. The molecule has 174 valence electrons. The van der Waals surface area contributed by atoms with Crippen LogP contribution in [0.2, 0.25) is 5.02 Å². The summed E-state index contributed by atoms with van der Waals surface area (Å²) in [5.41, 5.74) is 2.89. The number of para-hydroxylation sites is 2. The van der Waals surface area contributed by atoms with Crippen LogP contribution in [0.25, 0.3) is 11.0 Å². The van der Waals surface area contributed by atoms with Gasteiger partial charge in [-0.25, -0.2) is 4.98 Å². The van der Waals surface area contributed by atoms with Gasteiger partial charge in [-0.1, -0.05) is 29.8 Å². The van der Waals surface area contributed by atoms with Crippen LogP contribution in [0, 0.1) is 0 Å². The van der Waals surface area contributed by atoms with Gasteiger partial charge in [0.25, 0.3) is 0 Å². The Balaban J connectivity index is 1.33. The van der Waals surface area contributed by atoms with Gasteiger partial charge in [-0.2, -0.15) is 0 Å². The van der Waals surface area contributed by atoms with Gasteiger partial charge in [0.2, 0.25) is 5.91 Å². The standard InChI is InChI=1S/C27H26ClN3O3/c1-33-22-6-4-7-23(17-22)34-15-5-14-30-25-9-3-2-8-24(25)29-27(30)19-16-26(32)31(18-19)21-12-10-20(28)11-13-21/h2-4,6-13,17,19H,5,14-16,18H2,1H3/t19-/m0/s1. The maximum absolute atomic E-state index is 12.9. The van der Waals surface area contributed by atoms with Crippen LogP contribution < -0.4 is 14.4 Å². The molecule has 3 aromatic carbocycles. The molecule has 1 aliphatic rings. The van der Waals surface area contributed by atoms with Crippen LogP contribution in [0.1, 0.15) is 24.6 Å². The van der Waals surface area contributed by atoms with Crippen molar-refractivity contribution in [3.8, 4) is 11.5 Å². The van der Waals surface area contributed by atoms with Crippen molar-refractivity contribution in [2.75, 3.05) is 25.2 Å². The largest absolute Gasteiger partial charge is 0.497 e. The molecule has 4 aromatic rings. The maximum Gasteiger partial charge on any atom is 0.227 e. The van der Waals surface area contributed by atoms with E-state index in [0.29, 0.717) is 24.6 Å². The van der Waals surface area contributed by atoms with Crippen LogP contribution in [0.3, 0.4) is 0 Å². The third-order valence-electron chi connectivity index (χ3n) is 6.15. The molecular weight excluding hydrogens is 450 g/mol. The molecule has 5 rings (SSSR count). The Morgan fingerprint density at radius 1 is 1.03 bits per heavy atom. The lowest BCUT2D eigenvalue weighted by atomic mass is 10.1. The zero-order valence-corrected chi connectivity index (χ0v) is 19.7. The minimum Gasteiger partial charge on any atom is -0.497 e. The molecule has 0 N–H and O–H groups in total. The Hall–Kier alpha value is -3.51. The molecule has 0 saturated carbocycles. The lowest BCUT2D eigenvalue weighted by Gasteiger charge is -2.17. The molecule has 34 heavy (non-hydrogen) atoms. The minimum atomic E-state index is 0.0230. The average molecular weight is 476 g/mol. The van der Waals surface area contributed by atoms with Gasteiger partial charge in [-0.15, -0.1) is 0 Å². The number of imidazole rings is 1. The highest BCUT2D eigenvalue weighted by Crippen LogP contribution is 2.33. The summed E-state index contributed by atoms with van der Waals surface area (Å²) in [7, 11) is 1.65. The molecule has 1 aliphatic heterocycles. The molecule has 2 heterocycles. The summed E-state index contributed by atoms with van der Waals surface area (Å²) in [4.78, 5) is 19.6. The van der Waals surface area contributed by atoms with Gasteiger partial charge in [0.15, 0.2) is 0 Å². The number of anilines is 1. The van der Waals surface area contributed by atoms with Crippen molar-refractivity contribution >= 4 is 34.2 Å². The lowest BCUT2D eigenvalue weighted by molar-refractivity contribution is -0.117. The van der Waals surface area contributed by atoms with Crippen molar-refractivity contribution < 1.29 is 14.3 Å². The number of carbonyl (C=O) groups is 1. The first-order valence-electron chi connectivity index (χ1n) is 11.4. The molecule has 0 spiro atoms. The minimum absolute atomic E-state index is 0.0230. The number of benzene rings is 3. The fraction of sp³-hybridized carbons (Fsp3) is 0.259. The smallest absolute Gasteiger partial charge is 0.227 e. The van der Waals surface area contributed by atoms with Crippen molar-refractivity contribution in [2.24, 2.45) is 0 Å². The molecule has 0 unspecified atom stereocenters. The number of rotatable bonds is 8. The topological polar surface area (TPSA) is 56.6 Å². The SMILES string of the molecule is COc1cccc(OCCCn2c([C@H]3CC(=O)N(c4ccc(Cl)cc4)C3)nc3ccccc32)c1. The fourth-order valence-electron chi connectivity index (χ4n) is 4.50. The van der Waals surface area contributed by atoms with Crippen molar-refractivity contribution in [3.05, 3.63) is 83.6 Å². The van der Waals surface area contributed by atoms with Gasteiger partial charge in [0.05, 0.1) is 24.8 Å². The lowest BCUT2D eigenvalue weighted by Crippen LogP contribution is -2.24. The van der Waals surface area contributed by atoms with Crippen molar-refractivity contribution in [1.29, 1.82) is 0 Å². The van der Waals surface area contributed by atoms with Crippen LogP contribution in [0.15, 0.2) is 72.8 Å². The van der Waals surface area contributed by atoms with E-state index in [-0.39, 0.29) is 11.8 Å². The van der Waals surface area contributed by atoms with Gasteiger partial charge >= 0.3 is 0 Å². The van der Waals surface area contributed by atoms with Crippen molar-refractivity contribution in [2.45, 2.75) is 25.3 Å². The summed E-state index contributed by atoms with van der Waals surface area (Å²) in [5.74, 6) is 2.64. The van der Waals surface area contributed by atoms with Crippen LogP contribution in [-0.2, 0) is 11.3 Å². The highest BCUT2D eigenvalue weighted by atomic mass is 35.5. The average Bonchev–Trinajstić information content (AvgIpc) is 3.43. The Bertz CT molecular complexity index is 1300. The second-order valence-corrected chi connectivity index (χ2v) is 8.81. The zero-order valence-electron chi connectivity index (χ0n) is 19.0. The predicted molar refractivity (Wildman–Crippen MR) is 134 cm³/mol. The summed E-state index contributed by atoms with van der Waals surface area (Å²) in [5, 5.41) is 0.657. The molecule has 1 aromatic heterocycles. The number of aryl methyl sites for hydroxylation is 1. The highest BCUT2D eigenvalue weighted by molar-refractivity contribution is 6.30. The highest BCUT2D eigenvalue weighted by Gasteiger charge is 2.34. The quantitative estimate of drug-likeness (QED) is 0.307. The molecule has 6 nitrogen and oxygen atoms in total. The molecule has 7 heteroatoms. The normalized spacial score (nSPS) is 15.8. The Kier molecular flexibility index (Phi) is 6.41. The van der Waals surface area contributed by atoms with E-state index in [1.807, 2.05) is 71.6 Å². The van der Waals surface area contributed by atoms with E-state index in [1.54, 1.807) is 7.11 Å². The number of ether oxygens (including phenoxy) is 2. The number of amides is 1. The second-order valence-electron chi connectivity index (χ2n) is 8.37. The van der Waals surface area contributed by atoms with E-state index in [0.717, 1.165) is 47.0 Å². The van der Waals surface area contributed by atoms with Gasteiger partial charge in [-0.3, -0.25) is 4.79 Å². The van der Waals surface area contributed by atoms with Gasteiger partial charge in [-0.05, 0) is 55.0 Å². The number of methoxy groups -OCH3 is 1. The van der Waals surface area contributed by atoms with E-state index < -0.39 is 0 Å². The molecule has 0 radical (unpaired) electrons. The summed E-state index contributed by atoms with van der Waals surface area (Å²) < 4.78 is 13.4. The second kappa shape index (κ2) is 9.77. The summed E-state index contributed by atoms with van der Waals surface area (Å²) >= 11 is 6.03. The Morgan fingerprint density at radius 2 is 1.82 bits per heavy atom. The van der Waals surface area contributed by atoms with E-state index >= 15 is 0 Å². The molecule has 0 bridgehead atoms. The van der Waals surface area contributed by atoms with Gasteiger partial charge in [0.1, 0.15) is 17.3 Å². The third-order valence-corrected chi connectivity index (χ3v) is 6.40. The van der Waals surface area contributed by atoms with Crippen LogP contribution in [0.4, 0.5) is 5.69 Å². The van der Waals surface area contributed by atoms with Crippen LogP contribution >= 0.6 is 11.6 Å². The summed E-state index contributed by atoms with van der Waals surface area (Å²) in [6.07, 6.45) is 1.25. The Labute approximate surface area is 203 Å². The summed E-state index contributed by atoms with van der Waals surface area (Å²) in [6, 6.07) is 23.2. The first-order valence-corrected chi connectivity index (χ1v) is 11.8. The summed E-state index contributed by atoms with van der Waals surface area (Å²) in [6.45, 7) is 1.93. The monoisotopic (exact) mass is 475 g/mol. The number of aromatic nitrogens is 2. The number of hydrogen-bond donors (Lipinski definition) is 0. The van der Waals surface area contributed by atoms with Crippen molar-refractivity contribution in [1.82, 2.24) is 9.55 Å². The zero-order chi connectivity index (χ0) is 23.5. The molecular formula is C27H26ClN3O3. The first kappa shape index (κ1) is 22.3. The predicted octanol–water partition coefficient (Wildman–Crippen LogP) is 5.69. The van der Waals surface area contributed by atoms with Crippen LogP contribution in [0.5, 0.6) is 11.5 Å². The number of nitrogens with zero attached hydrogens (tertiary/aromatic N) is 3. The van der Waals surface area contributed by atoms with Crippen molar-refractivity contribution in [3.63, 3.8) is 0 Å². The van der Waals surface area contributed by atoms with E-state index in [1.165, 1.54) is 0 Å². The van der Waals surface area contributed by atoms with Gasteiger partial charge in [0, 0.05) is 42.2 Å². The molecule has 0 aliphatic carbocycles.